The fraction of sp³-hybridized carbons (Fsp3) is 0.452. The Morgan fingerprint density at radius 2 is 1.89 bits per heavy atom. The van der Waals surface area contributed by atoms with E-state index in [1.807, 2.05) is 24.3 Å². The summed E-state index contributed by atoms with van der Waals surface area (Å²) in [5.41, 5.74) is 3.45. The molecule has 3 N–H and O–H groups in total. The number of pyridine rings is 1. The molecule has 1 aromatic carbocycles. The van der Waals surface area contributed by atoms with Gasteiger partial charge in [-0.25, -0.2) is 5.43 Å². The van der Waals surface area contributed by atoms with Gasteiger partial charge in [-0.05, 0) is 76.1 Å². The van der Waals surface area contributed by atoms with Gasteiger partial charge in [-0.1, -0.05) is 23.4 Å². The van der Waals surface area contributed by atoms with E-state index in [4.69, 9.17) is 4.74 Å². The molecule has 4 heterocycles. The predicted octanol–water partition coefficient (Wildman–Crippen LogP) is 2.06. The van der Waals surface area contributed by atoms with Crippen LogP contribution in [-0.2, 0) is 30.5 Å². The Bertz CT molecular complexity index is 1570. The Labute approximate surface area is 255 Å². The molecule has 0 spiro atoms. The highest BCUT2D eigenvalue weighted by Gasteiger charge is 2.34. The van der Waals surface area contributed by atoms with Crippen molar-refractivity contribution in [3.05, 3.63) is 60.2 Å². The first kappa shape index (κ1) is 30.8. The van der Waals surface area contributed by atoms with Crippen LogP contribution in [0.5, 0.6) is 0 Å². The summed E-state index contributed by atoms with van der Waals surface area (Å²) in [7, 11) is 0. The highest BCUT2D eigenvalue weighted by atomic mass is 16.5. The third kappa shape index (κ3) is 7.10. The second-order valence-corrected chi connectivity index (χ2v) is 11.9. The van der Waals surface area contributed by atoms with Crippen LogP contribution in [0, 0.1) is 5.41 Å². The van der Waals surface area contributed by atoms with Crippen LogP contribution >= 0.6 is 0 Å². The molecule has 4 atom stereocenters. The first-order valence-corrected chi connectivity index (χ1v) is 14.8. The lowest BCUT2D eigenvalue weighted by atomic mass is 9.90. The average Bonchev–Trinajstić information content (AvgIpc) is 3.54. The van der Waals surface area contributed by atoms with E-state index in [9.17, 15) is 19.2 Å². The van der Waals surface area contributed by atoms with E-state index in [1.54, 1.807) is 56.9 Å². The van der Waals surface area contributed by atoms with Gasteiger partial charge in [0.05, 0.1) is 17.3 Å². The molecule has 5 bridgehead atoms. The summed E-state index contributed by atoms with van der Waals surface area (Å²) in [5.74, 6) is -1.76. The van der Waals surface area contributed by atoms with Gasteiger partial charge in [0, 0.05) is 30.9 Å². The Hall–Kier alpha value is -4.65. The van der Waals surface area contributed by atoms with Crippen LogP contribution < -0.4 is 16.1 Å². The van der Waals surface area contributed by atoms with E-state index >= 15 is 0 Å². The zero-order valence-corrected chi connectivity index (χ0v) is 25.3. The maximum atomic E-state index is 13.5. The van der Waals surface area contributed by atoms with Crippen LogP contribution in [0.25, 0.3) is 16.8 Å². The maximum absolute atomic E-state index is 13.5. The van der Waals surface area contributed by atoms with Crippen molar-refractivity contribution in [1.29, 1.82) is 0 Å². The Morgan fingerprint density at radius 3 is 2.66 bits per heavy atom. The smallest absolute Gasteiger partial charge is 0.325 e. The van der Waals surface area contributed by atoms with Gasteiger partial charge in [0.1, 0.15) is 24.2 Å². The molecule has 13 heteroatoms. The van der Waals surface area contributed by atoms with Crippen molar-refractivity contribution in [3.63, 3.8) is 0 Å². The van der Waals surface area contributed by atoms with Gasteiger partial charge in [0.2, 0.25) is 11.8 Å². The molecule has 2 aromatic heterocycles. The molecule has 3 aromatic rings. The summed E-state index contributed by atoms with van der Waals surface area (Å²) in [6.45, 7) is 7.56. The van der Waals surface area contributed by atoms with Crippen LogP contribution in [0.4, 0.5) is 0 Å². The Balaban J connectivity index is 1.47. The number of nitrogens with one attached hydrogen (secondary N) is 3. The molecule has 44 heavy (non-hydrogen) atoms. The molecule has 0 radical (unpaired) electrons. The van der Waals surface area contributed by atoms with E-state index in [2.05, 4.69) is 31.4 Å². The quantitative estimate of drug-likeness (QED) is 0.381. The minimum Gasteiger partial charge on any atom is -0.457 e. The number of carbonyl (C=O) groups is 4. The van der Waals surface area contributed by atoms with Crippen molar-refractivity contribution in [3.8, 4) is 0 Å². The van der Waals surface area contributed by atoms with Crippen LogP contribution in [-0.4, -0.2) is 73.3 Å². The highest BCUT2D eigenvalue weighted by molar-refractivity contribution is 5.94. The second-order valence-electron chi connectivity index (χ2n) is 11.9. The number of ether oxygens (including phenoxy) is 1. The molecule has 1 fully saturated rings. The highest BCUT2D eigenvalue weighted by Crippen LogP contribution is 2.26. The van der Waals surface area contributed by atoms with E-state index in [-0.39, 0.29) is 12.3 Å². The third-order valence-electron chi connectivity index (χ3n) is 7.99. The lowest BCUT2D eigenvalue weighted by Crippen LogP contribution is -2.60. The second kappa shape index (κ2) is 12.9. The molecule has 2 aliphatic heterocycles. The topological polar surface area (TPSA) is 160 Å². The monoisotopic (exact) mass is 602 g/mol. The first-order valence-electron chi connectivity index (χ1n) is 14.8. The van der Waals surface area contributed by atoms with E-state index in [0.717, 1.165) is 16.3 Å². The van der Waals surface area contributed by atoms with Gasteiger partial charge >= 0.3 is 5.97 Å². The number of aryl methyl sites for hydroxylation is 1. The molecule has 0 unspecified atom stereocenters. The minimum atomic E-state index is -1.00. The first-order chi connectivity index (χ1) is 21.0. The van der Waals surface area contributed by atoms with Gasteiger partial charge in [0.15, 0.2) is 0 Å². The van der Waals surface area contributed by atoms with Gasteiger partial charge in [-0.2, -0.15) is 0 Å². The maximum Gasteiger partial charge on any atom is 0.325 e. The summed E-state index contributed by atoms with van der Waals surface area (Å²) < 4.78 is 7.38. The number of nitrogens with zero attached hydrogens (tertiary/aromatic N) is 5. The summed E-state index contributed by atoms with van der Waals surface area (Å²) in [6, 6.07) is 5.07. The van der Waals surface area contributed by atoms with Crippen molar-refractivity contribution in [2.45, 2.75) is 77.7 Å². The lowest BCUT2D eigenvalue weighted by Gasteiger charge is -2.35. The van der Waals surface area contributed by atoms with Gasteiger partial charge in [-0.3, -0.25) is 33.9 Å². The fourth-order valence-electron chi connectivity index (χ4n) is 5.17. The predicted molar refractivity (Wildman–Crippen MR) is 161 cm³/mol. The van der Waals surface area contributed by atoms with Crippen molar-refractivity contribution in [2.24, 2.45) is 5.41 Å². The third-order valence-corrected chi connectivity index (χ3v) is 7.99. The summed E-state index contributed by atoms with van der Waals surface area (Å²) in [6.07, 6.45) is 9.21. The van der Waals surface area contributed by atoms with E-state index in [1.165, 1.54) is 11.2 Å². The molecule has 2 aliphatic rings. The van der Waals surface area contributed by atoms with Crippen LogP contribution in [0.2, 0.25) is 0 Å². The number of esters is 1. The van der Waals surface area contributed by atoms with Gasteiger partial charge < -0.3 is 15.4 Å². The molecule has 232 valence electrons. The number of carbonyl (C=O) groups excluding carboxylic acids is 4. The number of rotatable bonds is 3. The van der Waals surface area contributed by atoms with Crippen molar-refractivity contribution in [2.75, 3.05) is 6.54 Å². The van der Waals surface area contributed by atoms with E-state index < -0.39 is 47.4 Å². The Kier molecular flexibility index (Phi) is 9.04. The number of aromatic nitrogens is 4. The van der Waals surface area contributed by atoms with Crippen molar-refractivity contribution >= 4 is 40.5 Å². The fourth-order valence-corrected chi connectivity index (χ4v) is 5.17. The average molecular weight is 603 g/mol. The Morgan fingerprint density at radius 1 is 1.07 bits per heavy atom. The number of hydrogen-bond donors (Lipinski definition) is 3. The number of amides is 3. The summed E-state index contributed by atoms with van der Waals surface area (Å²) >= 11 is 0. The molecule has 0 saturated carbocycles. The number of fused-ring (bicyclic) bond motifs is 4. The molecule has 3 amide bonds. The zero-order chi connectivity index (χ0) is 31.4. The van der Waals surface area contributed by atoms with Crippen molar-refractivity contribution in [1.82, 2.24) is 41.0 Å². The minimum absolute atomic E-state index is 0.213. The molecular formula is C31H38N8O5. The largest absolute Gasteiger partial charge is 0.457 e. The van der Waals surface area contributed by atoms with E-state index in [0.29, 0.717) is 31.6 Å². The van der Waals surface area contributed by atoms with Crippen LogP contribution in [0.3, 0.4) is 0 Å². The van der Waals surface area contributed by atoms with Crippen LogP contribution in [0.15, 0.2) is 48.9 Å². The summed E-state index contributed by atoms with van der Waals surface area (Å²) in [4.78, 5) is 58.0. The molecular weight excluding hydrogens is 564 g/mol. The summed E-state index contributed by atoms with van der Waals surface area (Å²) in [5, 5.41) is 16.5. The number of hydrogen-bond acceptors (Lipinski definition) is 9. The number of benzene rings is 1. The zero-order valence-electron chi connectivity index (χ0n) is 25.3. The lowest BCUT2D eigenvalue weighted by molar-refractivity contribution is -0.157. The normalized spacial score (nSPS) is 25.0. The SMILES string of the molecule is C[C@@H]1NC(=O)[C@H](CCn2ccnn2)NC(=O)C(C)(C)C=Cc2cc3cc(ccc3cn2)[C@@H](C)OC(=O)[C@@H]2CCCN(N2)C1=O. The number of hydrazine groups is 1. The standard InChI is InChI=1S/C31H38N8O5/c1-19-28(41)39-13-5-6-26(36-39)29(42)44-20(2)21-7-8-22-18-32-24(17-23(22)16-21)9-11-31(3,4)30(43)35-25(27(40)34-19)10-14-38-15-12-33-37-38/h7-9,11-12,15-20,25-26,36H,5-6,10,13-14H2,1-4H3,(H,34,40)(H,35,43)/t19-,20+,25-,26-/m0/s1. The van der Waals surface area contributed by atoms with Crippen molar-refractivity contribution < 1.29 is 23.9 Å². The molecule has 13 nitrogen and oxygen atoms in total. The van der Waals surface area contributed by atoms with Gasteiger partial charge in [0.25, 0.3) is 5.91 Å². The van der Waals surface area contributed by atoms with Crippen LogP contribution in [0.1, 0.15) is 64.3 Å². The number of cyclic esters (lactones) is 1. The molecule has 1 saturated heterocycles. The van der Waals surface area contributed by atoms with Gasteiger partial charge in [-0.15, -0.1) is 5.10 Å². The molecule has 0 aliphatic carbocycles. The molecule has 5 rings (SSSR count).